The van der Waals surface area contributed by atoms with Gasteiger partial charge in [0.05, 0.1) is 0 Å². The molecule has 0 spiro atoms. The first-order chi connectivity index (χ1) is 9.59. The van der Waals surface area contributed by atoms with Gasteiger partial charge in [-0.3, -0.25) is 9.69 Å². The highest BCUT2D eigenvalue weighted by Crippen LogP contribution is 2.14. The number of piperazine rings is 1. The number of nitrogens with one attached hydrogen (secondary N) is 1. The highest BCUT2D eigenvalue weighted by atomic mass is 19.1. The summed E-state index contributed by atoms with van der Waals surface area (Å²) in [6.07, 6.45) is 0. The summed E-state index contributed by atoms with van der Waals surface area (Å²) < 4.78 is 27.1. The molecule has 6 heteroatoms. The molecule has 1 saturated heterocycles. The molecule has 4 nitrogen and oxygen atoms in total. The van der Waals surface area contributed by atoms with Crippen molar-refractivity contribution in [2.75, 3.05) is 46.3 Å². The number of hydrogen-bond acceptors (Lipinski definition) is 3. The van der Waals surface area contributed by atoms with Crippen LogP contribution in [0.5, 0.6) is 0 Å². The van der Waals surface area contributed by atoms with Gasteiger partial charge in [-0.15, -0.1) is 0 Å². The van der Waals surface area contributed by atoms with Crippen molar-refractivity contribution in [3.8, 4) is 0 Å². The van der Waals surface area contributed by atoms with E-state index in [0.29, 0.717) is 13.1 Å². The van der Waals surface area contributed by atoms with Crippen LogP contribution in [0.1, 0.15) is 10.4 Å². The molecule has 1 aliphatic heterocycles. The van der Waals surface area contributed by atoms with Crippen LogP contribution in [0, 0.1) is 11.6 Å². The van der Waals surface area contributed by atoms with Gasteiger partial charge in [-0.2, -0.15) is 0 Å². The lowest BCUT2D eigenvalue weighted by atomic mass is 10.1. The van der Waals surface area contributed by atoms with E-state index in [0.717, 1.165) is 38.3 Å². The van der Waals surface area contributed by atoms with Crippen molar-refractivity contribution < 1.29 is 13.6 Å². The molecule has 20 heavy (non-hydrogen) atoms. The Bertz CT molecular complexity index is 455. The number of halogens is 2. The minimum atomic E-state index is -0.816. The monoisotopic (exact) mass is 283 g/mol. The van der Waals surface area contributed by atoms with Crippen molar-refractivity contribution in [2.45, 2.75) is 0 Å². The fraction of sp³-hybridized carbons (Fsp3) is 0.500. The molecule has 1 N–H and O–H groups in total. The van der Waals surface area contributed by atoms with Gasteiger partial charge in [0.25, 0.3) is 5.91 Å². The maximum atomic E-state index is 13.5. The van der Waals surface area contributed by atoms with Crippen molar-refractivity contribution in [1.29, 1.82) is 0 Å². The molecule has 2 rings (SSSR count). The van der Waals surface area contributed by atoms with Gasteiger partial charge in [-0.25, -0.2) is 8.78 Å². The molecule has 0 radical (unpaired) electrons. The van der Waals surface area contributed by atoms with E-state index in [4.69, 9.17) is 0 Å². The average Bonchev–Trinajstić information content (AvgIpc) is 2.45. The molecule has 1 aliphatic rings. The third-order valence-electron chi connectivity index (χ3n) is 3.48. The molecule has 110 valence electrons. The van der Waals surface area contributed by atoms with Gasteiger partial charge in [0, 0.05) is 46.3 Å². The van der Waals surface area contributed by atoms with Crippen LogP contribution in [0.15, 0.2) is 18.2 Å². The van der Waals surface area contributed by atoms with Crippen LogP contribution in [0.4, 0.5) is 8.78 Å². The molecule has 0 aliphatic carbocycles. The lowest BCUT2D eigenvalue weighted by Crippen LogP contribution is -2.46. The molecule has 0 unspecified atom stereocenters. The van der Waals surface area contributed by atoms with E-state index in [-0.39, 0.29) is 0 Å². The number of benzene rings is 1. The largest absolute Gasteiger partial charge is 0.340 e. The van der Waals surface area contributed by atoms with E-state index in [2.05, 4.69) is 10.2 Å². The number of nitrogens with zero attached hydrogens (tertiary/aromatic N) is 2. The lowest BCUT2D eigenvalue weighted by molar-refractivity contribution is 0.0765. The molecule has 1 amide bonds. The fourth-order valence-corrected chi connectivity index (χ4v) is 2.22. The zero-order valence-corrected chi connectivity index (χ0v) is 11.5. The van der Waals surface area contributed by atoms with Gasteiger partial charge in [-0.1, -0.05) is 6.07 Å². The zero-order valence-electron chi connectivity index (χ0n) is 11.5. The molecule has 0 bridgehead atoms. The molecule has 1 aromatic rings. The molecular weight excluding hydrogens is 264 g/mol. The van der Waals surface area contributed by atoms with E-state index in [1.807, 2.05) is 0 Å². The zero-order chi connectivity index (χ0) is 14.5. The summed E-state index contributed by atoms with van der Waals surface area (Å²) in [5, 5.41) is 3.24. The summed E-state index contributed by atoms with van der Waals surface area (Å²) in [5.41, 5.74) is -0.477. The quantitative estimate of drug-likeness (QED) is 0.893. The molecule has 1 heterocycles. The Morgan fingerprint density at radius 2 is 1.90 bits per heavy atom. The number of likely N-dealkylation sites (N-methyl/N-ethyl adjacent to an activating group) is 1. The van der Waals surface area contributed by atoms with Crippen LogP contribution in [0.2, 0.25) is 0 Å². The van der Waals surface area contributed by atoms with Crippen LogP contribution < -0.4 is 5.32 Å². The highest BCUT2D eigenvalue weighted by molar-refractivity contribution is 5.94. The molecule has 0 atom stereocenters. The minimum Gasteiger partial charge on any atom is -0.340 e. The Kier molecular flexibility index (Phi) is 5.03. The predicted molar refractivity (Wildman–Crippen MR) is 72.6 cm³/mol. The van der Waals surface area contributed by atoms with E-state index >= 15 is 0 Å². The Balaban J connectivity index is 1.94. The van der Waals surface area contributed by atoms with Crippen LogP contribution in [0.25, 0.3) is 0 Å². The van der Waals surface area contributed by atoms with E-state index in [1.165, 1.54) is 11.0 Å². The fourth-order valence-electron chi connectivity index (χ4n) is 2.22. The SMILES string of the molecule is CN(CCN1CCNCC1)C(=O)c1c(F)cccc1F. The molecule has 1 aromatic carbocycles. The third-order valence-corrected chi connectivity index (χ3v) is 3.48. The molecule has 0 saturated carbocycles. The standard InChI is InChI=1S/C14H19F2N3O/c1-18(9-10-19-7-5-17-6-8-19)14(20)13-11(15)3-2-4-12(13)16/h2-4,17H,5-10H2,1H3. The maximum Gasteiger partial charge on any atom is 0.259 e. The topological polar surface area (TPSA) is 35.6 Å². The highest BCUT2D eigenvalue weighted by Gasteiger charge is 2.21. The van der Waals surface area contributed by atoms with E-state index in [9.17, 15) is 13.6 Å². The van der Waals surface area contributed by atoms with Gasteiger partial charge in [0.1, 0.15) is 17.2 Å². The normalized spacial score (nSPS) is 16.1. The summed E-state index contributed by atoms with van der Waals surface area (Å²) in [5.74, 6) is -2.25. The van der Waals surface area contributed by atoms with Gasteiger partial charge in [0.2, 0.25) is 0 Å². The third kappa shape index (κ3) is 3.52. The number of rotatable bonds is 4. The summed E-state index contributed by atoms with van der Waals surface area (Å²) in [6, 6.07) is 3.45. The van der Waals surface area contributed by atoms with Crippen molar-refractivity contribution in [1.82, 2.24) is 15.1 Å². The first kappa shape index (κ1) is 14.9. The Labute approximate surface area is 117 Å². The van der Waals surface area contributed by atoms with Gasteiger partial charge in [-0.05, 0) is 12.1 Å². The number of carbonyl (C=O) groups excluding carboxylic acids is 1. The Morgan fingerprint density at radius 1 is 1.30 bits per heavy atom. The second-order valence-electron chi connectivity index (χ2n) is 4.92. The smallest absolute Gasteiger partial charge is 0.259 e. The van der Waals surface area contributed by atoms with Crippen molar-refractivity contribution >= 4 is 5.91 Å². The average molecular weight is 283 g/mol. The number of hydrogen-bond donors (Lipinski definition) is 1. The molecule has 1 fully saturated rings. The number of amides is 1. The summed E-state index contributed by atoms with van der Waals surface area (Å²) >= 11 is 0. The number of carbonyl (C=O) groups is 1. The first-order valence-corrected chi connectivity index (χ1v) is 6.72. The maximum absolute atomic E-state index is 13.5. The Hall–Kier alpha value is -1.53. The van der Waals surface area contributed by atoms with Crippen LogP contribution >= 0.6 is 0 Å². The summed E-state index contributed by atoms with van der Waals surface area (Å²) in [7, 11) is 1.57. The molecular formula is C14H19F2N3O. The Morgan fingerprint density at radius 3 is 2.50 bits per heavy atom. The van der Waals surface area contributed by atoms with E-state index in [1.54, 1.807) is 7.05 Å². The van der Waals surface area contributed by atoms with E-state index < -0.39 is 23.1 Å². The summed E-state index contributed by atoms with van der Waals surface area (Å²) in [6.45, 7) is 4.87. The minimum absolute atomic E-state index is 0.451. The second kappa shape index (κ2) is 6.76. The first-order valence-electron chi connectivity index (χ1n) is 6.72. The van der Waals surface area contributed by atoms with Crippen LogP contribution in [-0.4, -0.2) is 62.0 Å². The van der Waals surface area contributed by atoms with Crippen LogP contribution in [0.3, 0.4) is 0 Å². The van der Waals surface area contributed by atoms with Gasteiger partial charge in [0.15, 0.2) is 0 Å². The van der Waals surface area contributed by atoms with Gasteiger partial charge >= 0.3 is 0 Å². The van der Waals surface area contributed by atoms with Crippen molar-refractivity contribution in [3.05, 3.63) is 35.4 Å². The molecule has 0 aromatic heterocycles. The lowest BCUT2D eigenvalue weighted by Gasteiger charge is -2.29. The summed E-state index contributed by atoms with van der Waals surface area (Å²) in [4.78, 5) is 15.7. The predicted octanol–water partition coefficient (Wildman–Crippen LogP) is 0.942. The van der Waals surface area contributed by atoms with Crippen LogP contribution in [-0.2, 0) is 0 Å². The second-order valence-corrected chi connectivity index (χ2v) is 4.92. The van der Waals surface area contributed by atoms with Crippen molar-refractivity contribution in [2.24, 2.45) is 0 Å². The van der Waals surface area contributed by atoms with Gasteiger partial charge < -0.3 is 10.2 Å². The van der Waals surface area contributed by atoms with Crippen molar-refractivity contribution in [3.63, 3.8) is 0 Å².